The lowest BCUT2D eigenvalue weighted by Crippen LogP contribution is -2.24. The van der Waals surface area contributed by atoms with Crippen molar-refractivity contribution in [3.8, 4) is 0 Å². The molecule has 0 aromatic rings. The van der Waals surface area contributed by atoms with Gasteiger partial charge in [0, 0.05) is 11.8 Å². The van der Waals surface area contributed by atoms with Gasteiger partial charge in [-0.05, 0) is 43.4 Å². The highest BCUT2D eigenvalue weighted by Gasteiger charge is 2.59. The molecular weight excluding hydrogens is 160 g/mol. The quantitative estimate of drug-likeness (QED) is 0.557. The second kappa shape index (κ2) is 2.37. The summed E-state index contributed by atoms with van der Waals surface area (Å²) in [6.07, 6.45) is 7.95. The molecule has 0 aromatic carbocycles. The lowest BCUT2D eigenvalue weighted by atomic mass is 9.75. The lowest BCUT2D eigenvalue weighted by Gasteiger charge is -2.28. The van der Waals surface area contributed by atoms with Gasteiger partial charge in [-0.1, -0.05) is 13.3 Å². The normalized spacial score (nSPS) is 53.9. The molecule has 0 aromatic heterocycles. The first-order chi connectivity index (χ1) is 6.24. The van der Waals surface area contributed by atoms with Gasteiger partial charge < -0.3 is 0 Å². The van der Waals surface area contributed by atoms with Crippen LogP contribution >= 0.6 is 0 Å². The summed E-state index contributed by atoms with van der Waals surface area (Å²) < 4.78 is 0. The summed E-state index contributed by atoms with van der Waals surface area (Å²) in [6, 6.07) is 0. The van der Waals surface area contributed by atoms with E-state index < -0.39 is 0 Å². The van der Waals surface area contributed by atoms with Gasteiger partial charge in [0.2, 0.25) is 0 Å². The summed E-state index contributed by atoms with van der Waals surface area (Å²) in [6.45, 7) is 2.14. The third kappa shape index (κ3) is 0.812. The van der Waals surface area contributed by atoms with E-state index in [1.165, 1.54) is 38.5 Å². The van der Waals surface area contributed by atoms with E-state index in [1.54, 1.807) is 0 Å². The van der Waals surface area contributed by atoms with Crippen LogP contribution in [0.4, 0.5) is 0 Å². The highest BCUT2D eigenvalue weighted by Crippen LogP contribution is 2.64. The molecule has 0 heterocycles. The minimum Gasteiger partial charge on any atom is -0.299 e. The molecule has 13 heavy (non-hydrogen) atoms. The molecule has 0 radical (unpaired) electrons. The minimum atomic E-state index is 0.380. The molecule has 0 unspecified atom stereocenters. The van der Waals surface area contributed by atoms with E-state index in [4.69, 9.17) is 0 Å². The van der Waals surface area contributed by atoms with Gasteiger partial charge in [-0.25, -0.2) is 0 Å². The average Bonchev–Trinajstić information content (AvgIpc) is 2.64. The monoisotopic (exact) mass is 178 g/mol. The van der Waals surface area contributed by atoms with Gasteiger partial charge in [-0.15, -0.1) is 0 Å². The van der Waals surface area contributed by atoms with E-state index in [-0.39, 0.29) is 0 Å². The van der Waals surface area contributed by atoms with E-state index in [2.05, 4.69) is 6.92 Å². The summed E-state index contributed by atoms with van der Waals surface area (Å²) in [7, 11) is 0. The molecule has 0 aliphatic heterocycles. The van der Waals surface area contributed by atoms with Crippen LogP contribution in [0.2, 0.25) is 0 Å². The van der Waals surface area contributed by atoms with Gasteiger partial charge in [-0.2, -0.15) is 0 Å². The zero-order chi connectivity index (χ0) is 9.05. The molecule has 3 fully saturated rings. The van der Waals surface area contributed by atoms with Gasteiger partial charge in [0.1, 0.15) is 5.78 Å². The third-order valence-corrected chi connectivity index (χ3v) is 5.02. The maximum Gasteiger partial charge on any atom is 0.139 e. The molecule has 72 valence electrons. The highest BCUT2D eigenvalue weighted by atomic mass is 16.1. The molecule has 0 N–H and O–H groups in total. The molecule has 1 heteroatoms. The standard InChI is InChI=1S/C12H18O/c1-8-7-12-6-2-3-9(12)4-5-10(12)11(8)13/h8-10H,2-7H2,1H3/t8-,9-,10+,12+/m0/s1. The SMILES string of the molecule is C[C@H]1C[C@]23CCC[C@H]2CC[C@@H]3C1=O. The van der Waals surface area contributed by atoms with Crippen molar-refractivity contribution in [2.24, 2.45) is 23.2 Å². The van der Waals surface area contributed by atoms with Crippen LogP contribution in [0.5, 0.6) is 0 Å². The molecule has 1 nitrogen and oxygen atoms in total. The fourth-order valence-electron chi connectivity index (χ4n) is 4.57. The second-order valence-electron chi connectivity index (χ2n) is 5.46. The molecule has 3 saturated carbocycles. The Bertz CT molecular complexity index is 258. The van der Waals surface area contributed by atoms with Crippen molar-refractivity contribution < 1.29 is 4.79 Å². The molecule has 3 rings (SSSR count). The molecule has 1 spiro atoms. The number of Topliss-reactive ketones (excluding diaryl/α,β-unsaturated/α-hetero) is 1. The largest absolute Gasteiger partial charge is 0.299 e. The van der Waals surface area contributed by atoms with Crippen LogP contribution in [-0.4, -0.2) is 5.78 Å². The van der Waals surface area contributed by atoms with Gasteiger partial charge in [0.15, 0.2) is 0 Å². The molecule has 0 saturated heterocycles. The maximum absolute atomic E-state index is 11.9. The van der Waals surface area contributed by atoms with Crippen molar-refractivity contribution in [3.05, 3.63) is 0 Å². The van der Waals surface area contributed by atoms with Crippen LogP contribution in [0.15, 0.2) is 0 Å². The van der Waals surface area contributed by atoms with E-state index in [0.717, 1.165) is 5.92 Å². The van der Waals surface area contributed by atoms with E-state index >= 15 is 0 Å². The van der Waals surface area contributed by atoms with Crippen molar-refractivity contribution in [1.82, 2.24) is 0 Å². The molecule has 0 amide bonds. The summed E-state index contributed by atoms with van der Waals surface area (Å²) >= 11 is 0. The van der Waals surface area contributed by atoms with E-state index in [0.29, 0.717) is 23.0 Å². The number of ketones is 1. The zero-order valence-electron chi connectivity index (χ0n) is 8.38. The lowest BCUT2D eigenvalue weighted by molar-refractivity contribution is -0.124. The van der Waals surface area contributed by atoms with Gasteiger partial charge in [0.05, 0.1) is 0 Å². The first kappa shape index (κ1) is 8.02. The molecule has 0 bridgehead atoms. The second-order valence-corrected chi connectivity index (χ2v) is 5.46. The van der Waals surface area contributed by atoms with Crippen LogP contribution in [0.3, 0.4) is 0 Å². The molecule has 4 atom stereocenters. The van der Waals surface area contributed by atoms with Crippen LogP contribution in [0.25, 0.3) is 0 Å². The molecular formula is C12H18O. The zero-order valence-corrected chi connectivity index (χ0v) is 8.38. The van der Waals surface area contributed by atoms with Gasteiger partial charge in [0.25, 0.3) is 0 Å². The third-order valence-electron chi connectivity index (χ3n) is 5.02. The summed E-state index contributed by atoms with van der Waals surface area (Å²) in [5.74, 6) is 2.39. The predicted octanol–water partition coefficient (Wildman–Crippen LogP) is 2.79. The smallest absolute Gasteiger partial charge is 0.139 e. The van der Waals surface area contributed by atoms with Crippen LogP contribution < -0.4 is 0 Å². The number of hydrogen-bond donors (Lipinski definition) is 0. The van der Waals surface area contributed by atoms with Crippen LogP contribution in [0.1, 0.15) is 45.4 Å². The summed E-state index contributed by atoms with van der Waals surface area (Å²) in [5.41, 5.74) is 0.510. The Morgan fingerprint density at radius 2 is 2.15 bits per heavy atom. The average molecular weight is 178 g/mol. The Morgan fingerprint density at radius 3 is 3.00 bits per heavy atom. The number of rotatable bonds is 0. The van der Waals surface area contributed by atoms with Gasteiger partial charge >= 0.3 is 0 Å². The Balaban J connectivity index is 2.01. The highest BCUT2D eigenvalue weighted by molar-refractivity contribution is 5.87. The topological polar surface area (TPSA) is 17.1 Å². The van der Waals surface area contributed by atoms with Crippen molar-refractivity contribution in [1.29, 1.82) is 0 Å². The summed E-state index contributed by atoms with van der Waals surface area (Å²) in [5, 5.41) is 0. The van der Waals surface area contributed by atoms with Crippen molar-refractivity contribution in [3.63, 3.8) is 0 Å². The van der Waals surface area contributed by atoms with Crippen molar-refractivity contribution >= 4 is 5.78 Å². The molecule has 3 aliphatic rings. The fourth-order valence-corrected chi connectivity index (χ4v) is 4.57. The Hall–Kier alpha value is -0.330. The maximum atomic E-state index is 11.9. The Kier molecular flexibility index (Phi) is 1.46. The van der Waals surface area contributed by atoms with Crippen LogP contribution in [-0.2, 0) is 4.79 Å². The number of hydrogen-bond acceptors (Lipinski definition) is 1. The van der Waals surface area contributed by atoms with E-state index in [9.17, 15) is 4.79 Å². The first-order valence-corrected chi connectivity index (χ1v) is 5.78. The summed E-state index contributed by atoms with van der Waals surface area (Å²) in [4.78, 5) is 11.9. The number of carbonyl (C=O) groups is 1. The van der Waals surface area contributed by atoms with E-state index in [1.807, 2.05) is 0 Å². The minimum absolute atomic E-state index is 0.380. The van der Waals surface area contributed by atoms with Crippen molar-refractivity contribution in [2.45, 2.75) is 45.4 Å². The first-order valence-electron chi connectivity index (χ1n) is 5.78. The van der Waals surface area contributed by atoms with Gasteiger partial charge in [-0.3, -0.25) is 4.79 Å². The molecule has 3 aliphatic carbocycles. The predicted molar refractivity (Wildman–Crippen MR) is 51.3 cm³/mol. The number of carbonyl (C=O) groups excluding carboxylic acids is 1. The van der Waals surface area contributed by atoms with Crippen molar-refractivity contribution in [2.75, 3.05) is 0 Å². The Labute approximate surface area is 79.9 Å². The Morgan fingerprint density at radius 1 is 1.31 bits per heavy atom. The fraction of sp³-hybridized carbons (Fsp3) is 0.917. The van der Waals surface area contributed by atoms with Crippen LogP contribution in [0, 0.1) is 23.2 Å².